The van der Waals surface area contributed by atoms with Crippen molar-refractivity contribution in [3.05, 3.63) is 82.5 Å². The number of thioether (sulfide) groups is 1. The highest BCUT2D eigenvalue weighted by molar-refractivity contribution is 8.18. The Morgan fingerprint density at radius 1 is 1.12 bits per heavy atom. The molecular formula is C25H20N2O6S. The van der Waals surface area contributed by atoms with Crippen LogP contribution in [-0.2, 0) is 9.53 Å². The number of esters is 1. The van der Waals surface area contributed by atoms with Gasteiger partial charge in [-0.1, -0.05) is 18.2 Å². The number of rotatable bonds is 6. The van der Waals surface area contributed by atoms with E-state index in [1.54, 1.807) is 68.6 Å². The summed E-state index contributed by atoms with van der Waals surface area (Å²) < 4.78 is 10.9. The van der Waals surface area contributed by atoms with Crippen LogP contribution in [0.2, 0.25) is 0 Å². The molecule has 34 heavy (non-hydrogen) atoms. The van der Waals surface area contributed by atoms with Gasteiger partial charge in [0.1, 0.15) is 11.5 Å². The number of aromatic carboxylic acids is 1. The van der Waals surface area contributed by atoms with E-state index in [0.29, 0.717) is 39.5 Å². The zero-order valence-electron chi connectivity index (χ0n) is 18.3. The third kappa shape index (κ3) is 4.94. The Balaban J connectivity index is 1.53. The first-order chi connectivity index (χ1) is 16.4. The Morgan fingerprint density at radius 2 is 1.88 bits per heavy atom. The summed E-state index contributed by atoms with van der Waals surface area (Å²) in [5, 5.41) is 9.59. The highest BCUT2D eigenvalue weighted by Crippen LogP contribution is 2.34. The highest BCUT2D eigenvalue weighted by Gasteiger charge is 2.30. The molecule has 1 fully saturated rings. The number of carboxylic acids is 1. The summed E-state index contributed by atoms with van der Waals surface area (Å²) in [7, 11) is 1.61. The first-order valence-corrected chi connectivity index (χ1v) is 11.1. The maximum Gasteiger partial charge on any atom is 0.338 e. The molecule has 1 aromatic heterocycles. The third-order valence-electron chi connectivity index (χ3n) is 4.90. The van der Waals surface area contributed by atoms with Gasteiger partial charge in [0.25, 0.3) is 5.91 Å². The van der Waals surface area contributed by atoms with E-state index < -0.39 is 5.97 Å². The van der Waals surface area contributed by atoms with Gasteiger partial charge >= 0.3 is 11.9 Å². The summed E-state index contributed by atoms with van der Waals surface area (Å²) in [6.07, 6.45) is 1.64. The molecule has 1 aliphatic rings. The molecule has 1 aliphatic heterocycles. The number of ether oxygens (including phenoxy) is 1. The smallest absolute Gasteiger partial charge is 0.338 e. The van der Waals surface area contributed by atoms with Crippen molar-refractivity contribution in [2.75, 3.05) is 13.7 Å². The van der Waals surface area contributed by atoms with E-state index in [1.165, 1.54) is 28.8 Å². The second-order valence-electron chi connectivity index (χ2n) is 7.22. The number of carboxylic acid groups (broad SMARTS) is 1. The van der Waals surface area contributed by atoms with E-state index in [1.807, 2.05) is 0 Å². The average molecular weight is 477 g/mol. The van der Waals surface area contributed by atoms with Gasteiger partial charge in [0.05, 0.1) is 28.3 Å². The highest BCUT2D eigenvalue weighted by atomic mass is 32.2. The number of aliphatic imine (C=N–C) groups is 1. The standard InChI is InChI=1S/C25H20N2O6S/c1-3-32-24(31)16-9-7-15(8-10-16)20-12-11-19(33-20)14-21-22(28)27(2)25(34-21)26-18-6-4-5-17(13-18)23(29)30/h4-14H,3H2,1-2H3,(H,29,30)/b21-14+,26-25?. The maximum absolute atomic E-state index is 12.7. The van der Waals surface area contributed by atoms with Gasteiger partial charge < -0.3 is 14.3 Å². The number of nitrogens with zero attached hydrogens (tertiary/aromatic N) is 2. The maximum atomic E-state index is 12.7. The normalized spacial score (nSPS) is 15.8. The molecule has 2 aromatic carbocycles. The van der Waals surface area contributed by atoms with Gasteiger partial charge in [0.2, 0.25) is 0 Å². The molecule has 1 N–H and O–H groups in total. The first-order valence-electron chi connectivity index (χ1n) is 10.3. The fraction of sp³-hybridized carbons (Fsp3) is 0.120. The molecule has 2 heterocycles. The summed E-state index contributed by atoms with van der Waals surface area (Å²) in [6.45, 7) is 2.06. The van der Waals surface area contributed by atoms with Crippen LogP contribution in [0.4, 0.5) is 5.69 Å². The Morgan fingerprint density at radius 3 is 2.59 bits per heavy atom. The first kappa shape index (κ1) is 23.1. The van der Waals surface area contributed by atoms with Crippen molar-refractivity contribution in [1.29, 1.82) is 0 Å². The van der Waals surface area contributed by atoms with Crippen molar-refractivity contribution in [2.24, 2.45) is 4.99 Å². The van der Waals surface area contributed by atoms with Gasteiger partial charge in [-0.2, -0.15) is 0 Å². The van der Waals surface area contributed by atoms with E-state index >= 15 is 0 Å². The van der Waals surface area contributed by atoms with Crippen LogP contribution in [0.3, 0.4) is 0 Å². The molecule has 0 aliphatic carbocycles. The second kappa shape index (κ2) is 9.80. The van der Waals surface area contributed by atoms with Gasteiger partial charge in [-0.05, 0) is 61.2 Å². The summed E-state index contributed by atoms with van der Waals surface area (Å²) in [4.78, 5) is 41.9. The fourth-order valence-corrected chi connectivity index (χ4v) is 4.14. The Hall–Kier alpha value is -4.11. The average Bonchev–Trinajstić information content (AvgIpc) is 3.40. The molecule has 0 radical (unpaired) electrons. The van der Waals surface area contributed by atoms with Crippen molar-refractivity contribution >= 4 is 46.5 Å². The van der Waals surface area contributed by atoms with Gasteiger partial charge in [0.15, 0.2) is 5.17 Å². The SMILES string of the molecule is CCOC(=O)c1ccc(-c2ccc(/C=C3/SC(=Nc4cccc(C(=O)O)c4)N(C)C3=O)o2)cc1. The number of likely N-dealkylation sites (N-methyl/N-ethyl adjacent to an activating group) is 1. The predicted octanol–water partition coefficient (Wildman–Crippen LogP) is 5.06. The van der Waals surface area contributed by atoms with E-state index in [0.717, 1.165) is 5.56 Å². The number of carbonyl (C=O) groups is 3. The van der Waals surface area contributed by atoms with Crippen LogP contribution in [0.25, 0.3) is 17.4 Å². The second-order valence-corrected chi connectivity index (χ2v) is 8.23. The molecule has 1 amide bonds. The van der Waals surface area contributed by atoms with Gasteiger partial charge in [0, 0.05) is 18.7 Å². The van der Waals surface area contributed by atoms with Crippen molar-refractivity contribution < 1.29 is 28.6 Å². The van der Waals surface area contributed by atoms with Gasteiger partial charge in [-0.3, -0.25) is 9.69 Å². The topological polar surface area (TPSA) is 109 Å². The van der Waals surface area contributed by atoms with Crippen LogP contribution in [0.15, 0.2) is 75.0 Å². The number of amidine groups is 1. The number of furan rings is 1. The largest absolute Gasteiger partial charge is 0.478 e. The molecule has 9 heteroatoms. The number of amides is 1. The molecule has 8 nitrogen and oxygen atoms in total. The number of benzene rings is 2. The molecular weight excluding hydrogens is 456 g/mol. The van der Waals surface area contributed by atoms with Crippen LogP contribution in [0.1, 0.15) is 33.4 Å². The summed E-state index contributed by atoms with van der Waals surface area (Å²) in [5.41, 5.74) is 1.79. The molecule has 4 rings (SSSR count). The lowest BCUT2D eigenvalue weighted by atomic mass is 10.1. The molecule has 0 spiro atoms. The Labute approximate surface area is 199 Å². The lowest BCUT2D eigenvalue weighted by Crippen LogP contribution is -2.23. The zero-order chi connectivity index (χ0) is 24.2. The minimum absolute atomic E-state index is 0.119. The molecule has 0 bridgehead atoms. The van der Waals surface area contributed by atoms with Crippen LogP contribution >= 0.6 is 11.8 Å². The molecule has 0 atom stereocenters. The van der Waals surface area contributed by atoms with Gasteiger partial charge in [-0.15, -0.1) is 0 Å². The van der Waals surface area contributed by atoms with Crippen molar-refractivity contribution in [1.82, 2.24) is 4.90 Å². The number of carbonyl (C=O) groups excluding carboxylic acids is 2. The summed E-state index contributed by atoms with van der Waals surface area (Å²) in [5.74, 6) is -0.592. The van der Waals surface area contributed by atoms with Crippen molar-refractivity contribution in [3.63, 3.8) is 0 Å². The third-order valence-corrected chi connectivity index (χ3v) is 5.96. The van der Waals surface area contributed by atoms with Gasteiger partial charge in [-0.25, -0.2) is 14.6 Å². The fourth-order valence-electron chi connectivity index (χ4n) is 3.17. The lowest BCUT2D eigenvalue weighted by Gasteiger charge is -2.07. The summed E-state index contributed by atoms with van der Waals surface area (Å²) in [6, 6.07) is 16.6. The van der Waals surface area contributed by atoms with Crippen molar-refractivity contribution in [3.8, 4) is 11.3 Å². The number of hydrogen-bond donors (Lipinski definition) is 1. The summed E-state index contributed by atoms with van der Waals surface area (Å²) >= 11 is 1.17. The van der Waals surface area contributed by atoms with Crippen LogP contribution in [0, 0.1) is 0 Å². The Bertz CT molecular complexity index is 1320. The van der Waals surface area contributed by atoms with E-state index in [9.17, 15) is 14.4 Å². The molecule has 1 saturated heterocycles. The minimum atomic E-state index is -1.05. The van der Waals surface area contributed by atoms with E-state index in [4.69, 9.17) is 14.3 Å². The molecule has 0 unspecified atom stereocenters. The minimum Gasteiger partial charge on any atom is -0.478 e. The predicted molar refractivity (Wildman–Crippen MR) is 129 cm³/mol. The van der Waals surface area contributed by atoms with E-state index in [-0.39, 0.29) is 17.4 Å². The van der Waals surface area contributed by atoms with Crippen LogP contribution < -0.4 is 0 Å². The molecule has 3 aromatic rings. The molecule has 0 saturated carbocycles. The quantitative estimate of drug-likeness (QED) is 0.391. The van der Waals surface area contributed by atoms with Crippen LogP contribution in [-0.4, -0.2) is 46.7 Å². The number of hydrogen-bond acceptors (Lipinski definition) is 7. The Kier molecular flexibility index (Phi) is 6.65. The lowest BCUT2D eigenvalue weighted by molar-refractivity contribution is -0.121. The van der Waals surface area contributed by atoms with Crippen LogP contribution in [0.5, 0.6) is 0 Å². The van der Waals surface area contributed by atoms with E-state index in [2.05, 4.69) is 4.99 Å². The monoisotopic (exact) mass is 476 g/mol. The zero-order valence-corrected chi connectivity index (χ0v) is 19.2. The molecule has 172 valence electrons. The van der Waals surface area contributed by atoms with Crippen molar-refractivity contribution in [2.45, 2.75) is 6.92 Å².